The van der Waals surface area contributed by atoms with Crippen LogP contribution in [0, 0.1) is 20.2 Å². The van der Waals surface area contributed by atoms with Crippen molar-refractivity contribution >= 4 is 40.5 Å². The van der Waals surface area contributed by atoms with Crippen molar-refractivity contribution in [2.75, 3.05) is 50.1 Å². The van der Waals surface area contributed by atoms with Crippen molar-refractivity contribution < 1.29 is 19.4 Å². The van der Waals surface area contributed by atoms with E-state index in [1.54, 1.807) is 0 Å². The van der Waals surface area contributed by atoms with Gasteiger partial charge in [0.2, 0.25) is 11.6 Å². The molecule has 1 saturated heterocycles. The number of nitrogens with one attached hydrogen (secondary N) is 3. The first-order valence-electron chi connectivity index (χ1n) is 9.40. The van der Waals surface area contributed by atoms with Gasteiger partial charge in [-0.15, -0.1) is 0 Å². The third-order valence-corrected chi connectivity index (χ3v) is 4.85. The van der Waals surface area contributed by atoms with Gasteiger partial charge in [-0.25, -0.2) is 9.97 Å². The molecule has 0 radical (unpaired) electrons. The molecule has 0 aliphatic carbocycles. The molecule has 2 heterocycles. The Morgan fingerprint density at radius 1 is 1.16 bits per heavy atom. The van der Waals surface area contributed by atoms with Gasteiger partial charge in [-0.05, 0) is 12.1 Å². The highest BCUT2D eigenvalue weighted by Gasteiger charge is 2.24. The van der Waals surface area contributed by atoms with Gasteiger partial charge >= 0.3 is 5.69 Å². The Morgan fingerprint density at radius 3 is 2.56 bits per heavy atom. The van der Waals surface area contributed by atoms with E-state index < -0.39 is 27.1 Å². The number of nitro groups is 2. The molecular weight excluding hydrogens is 448 g/mol. The molecule has 1 amide bonds. The predicted octanol–water partition coefficient (Wildman–Crippen LogP) is 1.45. The first-order chi connectivity index (χ1) is 15.4. The molecule has 14 nitrogen and oxygen atoms in total. The first-order valence-corrected chi connectivity index (χ1v) is 9.78. The van der Waals surface area contributed by atoms with Crippen molar-refractivity contribution in [2.45, 2.75) is 0 Å². The highest BCUT2D eigenvalue weighted by Crippen LogP contribution is 2.28. The number of aromatic nitrogens is 2. The number of anilines is 2. The van der Waals surface area contributed by atoms with Crippen LogP contribution >= 0.6 is 11.6 Å². The van der Waals surface area contributed by atoms with Crippen LogP contribution in [0.15, 0.2) is 24.5 Å². The van der Waals surface area contributed by atoms with Crippen LogP contribution < -0.4 is 16.2 Å². The summed E-state index contributed by atoms with van der Waals surface area (Å²) in [6, 6.07) is 3.48. The molecule has 15 heteroatoms. The SMILES string of the molecule is O=C(NNc1ncnc(NCCN2CCOCC2)c1[N+](=O)[O-])c1ccc(Cl)c([N+](=O)[O-])c1. The van der Waals surface area contributed by atoms with Gasteiger partial charge in [0.25, 0.3) is 11.6 Å². The van der Waals surface area contributed by atoms with Gasteiger partial charge in [-0.3, -0.25) is 40.8 Å². The zero-order valence-corrected chi connectivity index (χ0v) is 17.4. The van der Waals surface area contributed by atoms with E-state index in [1.807, 2.05) is 0 Å². The number of carbonyl (C=O) groups is 1. The lowest BCUT2D eigenvalue weighted by Gasteiger charge is -2.26. The third kappa shape index (κ3) is 5.75. The molecule has 0 saturated carbocycles. The Bertz CT molecular complexity index is 1020. The second-order valence-electron chi connectivity index (χ2n) is 6.56. The minimum absolute atomic E-state index is 0.0165. The minimum Gasteiger partial charge on any atom is -0.379 e. The van der Waals surface area contributed by atoms with Gasteiger partial charge in [0.05, 0.1) is 23.1 Å². The normalized spacial score (nSPS) is 13.9. The molecule has 170 valence electrons. The van der Waals surface area contributed by atoms with Gasteiger partial charge in [0.15, 0.2) is 0 Å². The molecule has 1 fully saturated rings. The number of carbonyl (C=O) groups excluding carboxylic acids is 1. The van der Waals surface area contributed by atoms with Crippen LogP contribution in [0.1, 0.15) is 10.4 Å². The number of nitrogens with zero attached hydrogens (tertiary/aromatic N) is 5. The maximum atomic E-state index is 12.3. The summed E-state index contributed by atoms with van der Waals surface area (Å²) in [4.78, 5) is 43.4. The fourth-order valence-electron chi connectivity index (χ4n) is 2.91. The molecule has 0 unspecified atom stereocenters. The molecule has 3 N–H and O–H groups in total. The topological polar surface area (TPSA) is 178 Å². The number of hydrazine groups is 1. The average Bonchev–Trinajstić information content (AvgIpc) is 2.78. The van der Waals surface area contributed by atoms with Crippen LogP contribution in [0.25, 0.3) is 0 Å². The molecule has 0 bridgehead atoms. The van der Waals surface area contributed by atoms with E-state index in [0.29, 0.717) is 26.3 Å². The van der Waals surface area contributed by atoms with Crippen molar-refractivity contribution in [1.29, 1.82) is 0 Å². The number of nitro benzene ring substituents is 1. The smallest absolute Gasteiger partial charge is 0.354 e. The monoisotopic (exact) mass is 466 g/mol. The number of amides is 1. The largest absolute Gasteiger partial charge is 0.379 e. The lowest BCUT2D eigenvalue weighted by molar-refractivity contribution is -0.384. The standard InChI is InChI=1S/C17H19ClN8O6/c18-12-2-1-11(9-13(12)25(28)29)17(27)23-22-16-14(26(30)31)15(20-10-21-16)19-3-4-24-5-7-32-8-6-24/h1-2,9-10H,3-8H2,(H,23,27)(H2,19,20,21,22). The number of benzene rings is 1. The number of hydrogen-bond acceptors (Lipinski definition) is 11. The van der Waals surface area contributed by atoms with E-state index in [-0.39, 0.29) is 22.2 Å². The Hall–Kier alpha value is -3.62. The van der Waals surface area contributed by atoms with Crippen LogP contribution in [0.3, 0.4) is 0 Å². The summed E-state index contributed by atoms with van der Waals surface area (Å²) in [5.74, 6) is -1.05. The molecule has 32 heavy (non-hydrogen) atoms. The molecule has 1 aromatic heterocycles. The van der Waals surface area contributed by atoms with Crippen molar-refractivity contribution in [3.8, 4) is 0 Å². The van der Waals surface area contributed by atoms with E-state index in [9.17, 15) is 25.0 Å². The fraction of sp³-hybridized carbons (Fsp3) is 0.353. The molecule has 2 aromatic rings. The zero-order chi connectivity index (χ0) is 23.1. The number of rotatable bonds is 9. The van der Waals surface area contributed by atoms with Crippen LogP contribution in [0.4, 0.5) is 23.0 Å². The predicted molar refractivity (Wildman–Crippen MR) is 114 cm³/mol. The summed E-state index contributed by atoms with van der Waals surface area (Å²) in [6.45, 7) is 3.86. The average molecular weight is 467 g/mol. The Kier molecular flexibility index (Phi) is 7.64. The summed E-state index contributed by atoms with van der Waals surface area (Å²) in [5, 5.41) is 25.4. The van der Waals surface area contributed by atoms with E-state index in [4.69, 9.17) is 16.3 Å². The van der Waals surface area contributed by atoms with E-state index in [0.717, 1.165) is 25.5 Å². The first kappa shape index (κ1) is 23.1. The molecule has 1 aliphatic heterocycles. The van der Waals surface area contributed by atoms with Gasteiger partial charge in [0, 0.05) is 37.8 Å². The van der Waals surface area contributed by atoms with E-state index >= 15 is 0 Å². The maximum absolute atomic E-state index is 12.3. The minimum atomic E-state index is -0.778. The third-order valence-electron chi connectivity index (χ3n) is 4.53. The second kappa shape index (κ2) is 10.6. The van der Waals surface area contributed by atoms with Crippen LogP contribution in [0.5, 0.6) is 0 Å². The van der Waals surface area contributed by atoms with Gasteiger partial charge in [-0.1, -0.05) is 11.6 Å². The highest BCUT2D eigenvalue weighted by molar-refractivity contribution is 6.32. The summed E-state index contributed by atoms with van der Waals surface area (Å²) >= 11 is 5.74. The van der Waals surface area contributed by atoms with E-state index in [1.165, 1.54) is 12.1 Å². The maximum Gasteiger partial charge on any atom is 0.354 e. The quantitative estimate of drug-likeness (QED) is 0.359. The number of morpholine rings is 1. The zero-order valence-electron chi connectivity index (χ0n) is 16.6. The summed E-state index contributed by atoms with van der Waals surface area (Å²) < 4.78 is 5.28. The van der Waals surface area contributed by atoms with Crippen LogP contribution in [-0.4, -0.2) is 70.0 Å². The number of hydrogen-bond donors (Lipinski definition) is 3. The summed E-state index contributed by atoms with van der Waals surface area (Å²) in [5.41, 5.74) is 3.62. The molecule has 0 atom stereocenters. The highest BCUT2D eigenvalue weighted by atomic mass is 35.5. The van der Waals surface area contributed by atoms with Gasteiger partial charge in [0.1, 0.15) is 11.3 Å². The van der Waals surface area contributed by atoms with Gasteiger partial charge in [-0.2, -0.15) is 0 Å². The second-order valence-corrected chi connectivity index (χ2v) is 6.97. The molecular formula is C17H19ClN8O6. The van der Waals surface area contributed by atoms with Crippen molar-refractivity contribution in [3.05, 3.63) is 55.3 Å². The lowest BCUT2D eigenvalue weighted by Crippen LogP contribution is -2.39. The Balaban J connectivity index is 1.67. The van der Waals surface area contributed by atoms with Gasteiger partial charge < -0.3 is 10.1 Å². The van der Waals surface area contributed by atoms with E-state index in [2.05, 4.69) is 31.0 Å². The van der Waals surface area contributed by atoms with Crippen molar-refractivity contribution in [3.63, 3.8) is 0 Å². The molecule has 0 spiro atoms. The number of ether oxygens (including phenoxy) is 1. The summed E-state index contributed by atoms with van der Waals surface area (Å²) in [7, 11) is 0. The lowest BCUT2D eigenvalue weighted by atomic mass is 10.2. The Morgan fingerprint density at radius 2 is 1.88 bits per heavy atom. The molecule has 3 rings (SSSR count). The van der Waals surface area contributed by atoms with Crippen molar-refractivity contribution in [2.24, 2.45) is 0 Å². The fourth-order valence-corrected chi connectivity index (χ4v) is 3.10. The Labute approximate surface area is 186 Å². The van der Waals surface area contributed by atoms with Crippen LogP contribution in [0.2, 0.25) is 5.02 Å². The van der Waals surface area contributed by atoms with Crippen molar-refractivity contribution in [1.82, 2.24) is 20.3 Å². The molecule has 1 aromatic carbocycles. The summed E-state index contributed by atoms with van der Waals surface area (Å²) in [6.07, 6.45) is 1.10. The molecule has 1 aliphatic rings. The number of halogens is 1. The van der Waals surface area contributed by atoms with Crippen LogP contribution in [-0.2, 0) is 4.74 Å².